The van der Waals surface area contributed by atoms with Gasteiger partial charge in [-0.2, -0.15) is 0 Å². The van der Waals surface area contributed by atoms with Crippen LogP contribution in [0.2, 0.25) is 0 Å². The van der Waals surface area contributed by atoms with Gasteiger partial charge in [0.05, 0.1) is 23.6 Å². The highest BCUT2D eigenvalue weighted by Crippen LogP contribution is 2.56. The molecule has 3 aliphatic rings. The van der Waals surface area contributed by atoms with Crippen molar-refractivity contribution in [3.63, 3.8) is 0 Å². The molecule has 1 aromatic rings. The van der Waals surface area contributed by atoms with Crippen molar-refractivity contribution in [3.05, 3.63) is 51.5 Å². The number of carbonyl (C=O) groups is 3. The smallest absolute Gasteiger partial charge is 0.255 e. The lowest BCUT2D eigenvalue weighted by molar-refractivity contribution is -0.162. The molecule has 4 rings (SSSR count). The molecule has 6 atom stereocenters. The number of phenols is 1. The first-order chi connectivity index (χ1) is 17.0. The summed E-state index contributed by atoms with van der Waals surface area (Å²) in [6.07, 6.45) is -1.63. The minimum Gasteiger partial charge on any atom is -0.510 e. The van der Waals surface area contributed by atoms with E-state index in [0.717, 1.165) is 0 Å². The quantitative estimate of drug-likeness (QED) is 0.244. The van der Waals surface area contributed by atoms with Crippen molar-refractivity contribution in [2.24, 2.45) is 17.6 Å². The van der Waals surface area contributed by atoms with Crippen molar-refractivity contribution >= 4 is 29.1 Å². The number of aromatic hydroxyl groups is 1. The van der Waals surface area contributed by atoms with Crippen molar-refractivity contribution < 1.29 is 39.9 Å². The van der Waals surface area contributed by atoms with Crippen LogP contribution in [0.4, 0.5) is 0 Å². The topological polar surface area (TPSA) is 182 Å². The lowest BCUT2D eigenvalue weighted by atomic mass is 9.55. The van der Waals surface area contributed by atoms with Crippen LogP contribution >= 0.6 is 11.6 Å². The van der Waals surface area contributed by atoms with E-state index in [1.807, 2.05) is 0 Å². The number of fused-ring (bicyclic) bond motifs is 3. The van der Waals surface area contributed by atoms with Crippen molar-refractivity contribution in [2.45, 2.75) is 49.9 Å². The average molecular weight is 535 g/mol. The summed E-state index contributed by atoms with van der Waals surface area (Å²) in [5, 5.41) is 56.7. The monoisotopic (exact) mass is 534 g/mol. The van der Waals surface area contributed by atoms with Crippen molar-refractivity contribution in [1.29, 1.82) is 0 Å². The molecule has 0 heterocycles. The summed E-state index contributed by atoms with van der Waals surface area (Å²) in [5.74, 6) is -8.95. The number of hydrogen-bond acceptors (Lipinski definition) is 9. The first-order valence-electron chi connectivity index (χ1n) is 11.8. The van der Waals surface area contributed by atoms with Crippen LogP contribution in [0.1, 0.15) is 48.2 Å². The van der Waals surface area contributed by atoms with E-state index in [2.05, 4.69) is 0 Å². The van der Waals surface area contributed by atoms with Gasteiger partial charge in [0.2, 0.25) is 5.78 Å². The van der Waals surface area contributed by atoms with E-state index >= 15 is 0 Å². The molecule has 0 radical (unpaired) electrons. The lowest BCUT2D eigenvalue weighted by Crippen LogP contribution is -2.68. The molecule has 0 fully saturated rings. The maximum Gasteiger partial charge on any atom is 0.255 e. The van der Waals surface area contributed by atoms with Gasteiger partial charge in [0.1, 0.15) is 22.8 Å². The fourth-order valence-electron chi connectivity index (χ4n) is 6.24. The fourth-order valence-corrected chi connectivity index (χ4v) is 6.38. The molecule has 0 aromatic heterocycles. The predicted octanol–water partition coefficient (Wildman–Crippen LogP) is 1.17. The van der Waals surface area contributed by atoms with Crippen LogP contribution in [0, 0.1) is 11.8 Å². The molecule has 0 aliphatic heterocycles. The molecule has 0 saturated carbocycles. The Bertz CT molecular complexity index is 1300. The Morgan fingerprint density at radius 1 is 1.19 bits per heavy atom. The van der Waals surface area contributed by atoms with Crippen molar-refractivity contribution in [1.82, 2.24) is 4.90 Å². The Balaban J connectivity index is 2.04. The Labute approximate surface area is 218 Å². The van der Waals surface area contributed by atoms with Gasteiger partial charge < -0.3 is 31.3 Å². The number of likely N-dealkylation sites (N-methyl/N-ethyl adjacent to an activating group) is 1. The van der Waals surface area contributed by atoms with Crippen molar-refractivity contribution in [2.75, 3.05) is 20.0 Å². The number of nitrogens with zero attached hydrogens (tertiary/aromatic N) is 1. The molecule has 0 unspecified atom stereocenters. The molecular formula is C26H31ClN2O8. The van der Waals surface area contributed by atoms with Gasteiger partial charge in [-0.25, -0.2) is 0 Å². The number of nitrogens with two attached hydrogens (primary N) is 1. The number of Topliss-reactive ketones (excluding diaryl/α,β-unsaturated/α-hetero) is 2. The van der Waals surface area contributed by atoms with Gasteiger partial charge in [0.25, 0.3) is 5.91 Å². The molecule has 11 heteroatoms. The zero-order chi connectivity index (χ0) is 27.9. The second kappa shape index (κ2) is 8.56. The van der Waals surface area contributed by atoms with Crippen LogP contribution in [0.25, 0.3) is 0 Å². The number of rotatable bonds is 4. The number of benzene rings is 1. The minimum absolute atomic E-state index is 0.129. The summed E-state index contributed by atoms with van der Waals surface area (Å²) in [7, 11) is 2.98. The van der Waals surface area contributed by atoms with Gasteiger partial charge in [-0.1, -0.05) is 32.9 Å². The van der Waals surface area contributed by atoms with E-state index in [-0.39, 0.29) is 17.2 Å². The molecule has 0 saturated heterocycles. The molecule has 10 nitrogen and oxygen atoms in total. The van der Waals surface area contributed by atoms with Crippen molar-refractivity contribution in [3.8, 4) is 5.75 Å². The SMILES string of the molecule is C[C@H]1c2ccc(C(C)(C)CCl)c(O)c2C(=O)C2=C(O)[C@@]3(O)C(=O)C(C(N)=O)=C(O)[C@@H](N(C)C)[C@@H]3[C@@H](O)[C@@H]21. The largest absolute Gasteiger partial charge is 0.510 e. The number of hydrogen-bond donors (Lipinski definition) is 6. The number of alkyl halides is 1. The predicted molar refractivity (Wildman–Crippen MR) is 134 cm³/mol. The average Bonchev–Trinajstić information content (AvgIpc) is 2.80. The Hall–Kier alpha value is -2.92. The van der Waals surface area contributed by atoms with Crippen LogP contribution in [0.3, 0.4) is 0 Å². The first kappa shape index (κ1) is 27.1. The molecule has 1 amide bonds. The number of ketones is 2. The highest BCUT2D eigenvalue weighted by Gasteiger charge is 2.67. The summed E-state index contributed by atoms with van der Waals surface area (Å²) in [6.45, 7) is 5.24. The zero-order valence-corrected chi connectivity index (χ0v) is 21.9. The Morgan fingerprint density at radius 3 is 2.30 bits per heavy atom. The van der Waals surface area contributed by atoms with E-state index in [4.69, 9.17) is 17.3 Å². The summed E-state index contributed by atoms with van der Waals surface area (Å²) in [5.41, 5.74) is 0.961. The van der Waals surface area contributed by atoms with Crippen LogP contribution in [0.15, 0.2) is 34.8 Å². The fraction of sp³-hybridized carbons (Fsp3) is 0.500. The van der Waals surface area contributed by atoms with E-state index in [0.29, 0.717) is 11.1 Å². The zero-order valence-electron chi connectivity index (χ0n) is 21.1. The highest BCUT2D eigenvalue weighted by atomic mass is 35.5. The van der Waals surface area contributed by atoms with Gasteiger partial charge in [-0.05, 0) is 25.6 Å². The Kier molecular flexibility index (Phi) is 6.27. The third-order valence-electron chi connectivity index (χ3n) is 8.19. The van der Waals surface area contributed by atoms with Gasteiger partial charge >= 0.3 is 0 Å². The number of amides is 1. The molecule has 0 bridgehead atoms. The summed E-state index contributed by atoms with van der Waals surface area (Å²) >= 11 is 6.09. The van der Waals surface area contributed by atoms with Crippen LogP contribution in [0.5, 0.6) is 5.75 Å². The minimum atomic E-state index is -2.94. The van der Waals surface area contributed by atoms with E-state index in [1.54, 1.807) is 32.9 Å². The van der Waals surface area contributed by atoms with Gasteiger partial charge in [-0.15, -0.1) is 11.6 Å². The molecule has 200 valence electrons. The third-order valence-corrected chi connectivity index (χ3v) is 8.86. The second-order valence-corrected chi connectivity index (χ2v) is 11.3. The number of primary amides is 1. The number of carbonyl (C=O) groups excluding carboxylic acids is 3. The van der Waals surface area contributed by atoms with E-state index < -0.39 is 81.1 Å². The maximum absolute atomic E-state index is 13.9. The lowest BCUT2D eigenvalue weighted by Gasteiger charge is -2.53. The second-order valence-electron chi connectivity index (χ2n) is 11.0. The maximum atomic E-state index is 13.9. The highest BCUT2D eigenvalue weighted by molar-refractivity contribution is 6.25. The molecule has 1 aromatic carbocycles. The summed E-state index contributed by atoms with van der Waals surface area (Å²) < 4.78 is 0. The van der Waals surface area contributed by atoms with Gasteiger partial charge in [-0.3, -0.25) is 19.3 Å². The van der Waals surface area contributed by atoms with E-state index in [1.165, 1.54) is 19.0 Å². The Morgan fingerprint density at radius 2 is 1.78 bits per heavy atom. The van der Waals surface area contributed by atoms with Crippen LogP contribution < -0.4 is 5.73 Å². The first-order valence-corrected chi connectivity index (χ1v) is 12.3. The van der Waals surface area contributed by atoms with Gasteiger partial charge in [0.15, 0.2) is 11.4 Å². The van der Waals surface area contributed by atoms with Crippen LogP contribution in [-0.4, -0.2) is 85.6 Å². The van der Waals surface area contributed by atoms with Gasteiger partial charge in [0, 0.05) is 28.3 Å². The number of halogens is 1. The molecule has 0 spiro atoms. The standard InChI is InChI=1S/C26H31ClN2O8/c1-9-10-6-7-11(25(2,3)8-27)18(30)13(10)19(31)14-12(9)20(32)16-17(29(4)5)21(33)15(24(28)36)23(35)26(16,37)22(14)34/h6-7,9,12,16-17,20,30,32-34,37H,8H2,1-5H3,(H2,28,36)/t9-,12+,16+,17-,20-,26+/m0/s1. The number of aliphatic hydroxyl groups is 4. The van der Waals surface area contributed by atoms with E-state index in [9.17, 15) is 39.9 Å². The molecular weight excluding hydrogens is 504 g/mol. The third kappa shape index (κ3) is 3.39. The molecule has 3 aliphatic carbocycles. The summed E-state index contributed by atoms with van der Waals surface area (Å²) in [6, 6.07) is 2.01. The molecule has 7 N–H and O–H groups in total. The number of aliphatic hydroxyl groups excluding tert-OH is 3. The normalized spacial score (nSPS) is 31.9. The number of phenolic OH excluding ortho intramolecular Hbond substituents is 1. The molecule has 37 heavy (non-hydrogen) atoms. The summed E-state index contributed by atoms with van der Waals surface area (Å²) in [4.78, 5) is 40.7. The van der Waals surface area contributed by atoms with Crippen LogP contribution in [-0.2, 0) is 15.0 Å².